The minimum Gasteiger partial charge on any atom is -0.387 e. The second kappa shape index (κ2) is 4.25. The van der Waals surface area contributed by atoms with Crippen LogP contribution in [0.1, 0.15) is 36.1 Å². The van der Waals surface area contributed by atoms with E-state index in [0.29, 0.717) is 0 Å². The maximum Gasteiger partial charge on any atom is 0.0892 e. The average Bonchev–Trinajstić information content (AvgIpc) is 2.74. The van der Waals surface area contributed by atoms with Crippen LogP contribution in [-0.2, 0) is 11.8 Å². The van der Waals surface area contributed by atoms with Gasteiger partial charge in [0, 0.05) is 5.41 Å². The predicted octanol–water partition coefficient (Wildman–Crippen LogP) is 3.62. The van der Waals surface area contributed by atoms with E-state index in [-0.39, 0.29) is 11.5 Å². The van der Waals surface area contributed by atoms with Gasteiger partial charge in [0.2, 0.25) is 0 Å². The molecule has 1 nitrogen and oxygen atoms in total. The SMILES string of the molecule is CCC1(c2ccccc2)Cc2ccccc2C1O. The van der Waals surface area contributed by atoms with Crippen molar-refractivity contribution in [3.8, 4) is 0 Å². The van der Waals surface area contributed by atoms with Crippen molar-refractivity contribution < 1.29 is 5.11 Å². The van der Waals surface area contributed by atoms with Crippen molar-refractivity contribution in [1.82, 2.24) is 0 Å². The molecule has 18 heavy (non-hydrogen) atoms. The molecular formula is C17H18O. The molecule has 0 bridgehead atoms. The fourth-order valence-electron chi connectivity index (χ4n) is 3.25. The van der Waals surface area contributed by atoms with Gasteiger partial charge in [-0.25, -0.2) is 0 Å². The van der Waals surface area contributed by atoms with Crippen LogP contribution in [-0.4, -0.2) is 5.11 Å². The molecule has 2 aromatic rings. The van der Waals surface area contributed by atoms with Crippen LogP contribution in [0, 0.1) is 0 Å². The molecule has 0 heterocycles. The summed E-state index contributed by atoms with van der Waals surface area (Å²) in [5.74, 6) is 0. The van der Waals surface area contributed by atoms with Crippen molar-refractivity contribution in [2.24, 2.45) is 0 Å². The topological polar surface area (TPSA) is 20.2 Å². The van der Waals surface area contributed by atoms with Crippen LogP contribution < -0.4 is 0 Å². The maximum absolute atomic E-state index is 10.7. The summed E-state index contributed by atoms with van der Waals surface area (Å²) >= 11 is 0. The zero-order valence-corrected chi connectivity index (χ0v) is 10.6. The minimum absolute atomic E-state index is 0.148. The fraction of sp³-hybridized carbons (Fsp3) is 0.294. The highest BCUT2D eigenvalue weighted by Gasteiger charge is 2.44. The Bertz CT molecular complexity index is 547. The van der Waals surface area contributed by atoms with Crippen LogP contribution in [0.5, 0.6) is 0 Å². The molecule has 3 rings (SSSR count). The second-order valence-corrected chi connectivity index (χ2v) is 5.15. The number of hydrogen-bond acceptors (Lipinski definition) is 1. The Balaban J connectivity index is 2.12. The van der Waals surface area contributed by atoms with Gasteiger partial charge in [-0.15, -0.1) is 0 Å². The van der Waals surface area contributed by atoms with Gasteiger partial charge in [0.05, 0.1) is 6.10 Å². The predicted molar refractivity (Wildman–Crippen MR) is 73.5 cm³/mol. The summed E-state index contributed by atoms with van der Waals surface area (Å²) in [6.45, 7) is 2.17. The van der Waals surface area contributed by atoms with Crippen molar-refractivity contribution >= 4 is 0 Å². The number of aliphatic hydroxyl groups is 1. The largest absolute Gasteiger partial charge is 0.387 e. The molecule has 92 valence electrons. The Morgan fingerprint density at radius 1 is 1.06 bits per heavy atom. The summed E-state index contributed by atoms with van der Waals surface area (Å²) in [5, 5.41) is 10.7. The van der Waals surface area contributed by atoms with Gasteiger partial charge in [0.1, 0.15) is 0 Å². The molecule has 1 aliphatic rings. The third-order valence-corrected chi connectivity index (χ3v) is 4.36. The number of hydrogen-bond donors (Lipinski definition) is 1. The zero-order chi connectivity index (χ0) is 12.6. The van der Waals surface area contributed by atoms with Crippen LogP contribution in [0.2, 0.25) is 0 Å². The highest BCUT2D eigenvalue weighted by molar-refractivity contribution is 5.44. The lowest BCUT2D eigenvalue weighted by molar-refractivity contribution is 0.0915. The molecule has 1 aliphatic carbocycles. The highest BCUT2D eigenvalue weighted by Crippen LogP contribution is 2.49. The normalized spacial score (nSPS) is 26.0. The smallest absolute Gasteiger partial charge is 0.0892 e. The van der Waals surface area contributed by atoms with E-state index in [1.807, 2.05) is 12.1 Å². The van der Waals surface area contributed by atoms with Crippen LogP contribution in [0.3, 0.4) is 0 Å². The van der Waals surface area contributed by atoms with Gasteiger partial charge in [-0.1, -0.05) is 61.5 Å². The maximum atomic E-state index is 10.7. The first kappa shape index (κ1) is 11.5. The Morgan fingerprint density at radius 3 is 2.39 bits per heavy atom. The number of rotatable bonds is 2. The van der Waals surface area contributed by atoms with Crippen molar-refractivity contribution in [1.29, 1.82) is 0 Å². The van der Waals surface area contributed by atoms with Gasteiger partial charge in [0.15, 0.2) is 0 Å². The molecule has 0 fully saturated rings. The van der Waals surface area contributed by atoms with E-state index < -0.39 is 0 Å². The van der Waals surface area contributed by atoms with E-state index in [4.69, 9.17) is 0 Å². The van der Waals surface area contributed by atoms with Crippen LogP contribution in [0.25, 0.3) is 0 Å². The number of fused-ring (bicyclic) bond motifs is 1. The lowest BCUT2D eigenvalue weighted by atomic mass is 9.74. The Morgan fingerprint density at radius 2 is 1.72 bits per heavy atom. The highest BCUT2D eigenvalue weighted by atomic mass is 16.3. The summed E-state index contributed by atoms with van der Waals surface area (Å²) in [7, 11) is 0. The minimum atomic E-state index is -0.388. The molecule has 0 radical (unpaired) electrons. The molecule has 0 spiro atoms. The molecule has 2 atom stereocenters. The Hall–Kier alpha value is -1.60. The van der Waals surface area contributed by atoms with E-state index in [1.165, 1.54) is 11.1 Å². The molecule has 1 heteroatoms. The van der Waals surface area contributed by atoms with Gasteiger partial charge in [-0.05, 0) is 29.5 Å². The van der Waals surface area contributed by atoms with Gasteiger partial charge < -0.3 is 5.11 Å². The summed E-state index contributed by atoms with van der Waals surface area (Å²) in [6.07, 6.45) is 1.50. The van der Waals surface area contributed by atoms with E-state index in [0.717, 1.165) is 18.4 Å². The van der Waals surface area contributed by atoms with Gasteiger partial charge >= 0.3 is 0 Å². The molecule has 0 aromatic heterocycles. The molecule has 0 saturated heterocycles. The van der Waals surface area contributed by atoms with E-state index in [1.54, 1.807) is 0 Å². The van der Waals surface area contributed by atoms with Crippen LogP contribution in [0.4, 0.5) is 0 Å². The average molecular weight is 238 g/mol. The first-order chi connectivity index (χ1) is 8.78. The summed E-state index contributed by atoms with van der Waals surface area (Å²) in [6, 6.07) is 18.7. The molecule has 1 N–H and O–H groups in total. The lowest BCUT2D eigenvalue weighted by Gasteiger charge is -2.32. The van der Waals surface area contributed by atoms with Crippen molar-refractivity contribution in [2.75, 3.05) is 0 Å². The summed E-state index contributed by atoms with van der Waals surface area (Å²) < 4.78 is 0. The third-order valence-electron chi connectivity index (χ3n) is 4.36. The van der Waals surface area contributed by atoms with Crippen molar-refractivity contribution in [3.63, 3.8) is 0 Å². The van der Waals surface area contributed by atoms with Crippen LogP contribution >= 0.6 is 0 Å². The molecule has 2 aromatic carbocycles. The first-order valence-corrected chi connectivity index (χ1v) is 6.59. The third kappa shape index (κ3) is 1.51. The monoisotopic (exact) mass is 238 g/mol. The molecule has 0 amide bonds. The number of aliphatic hydroxyl groups excluding tert-OH is 1. The Labute approximate surface area is 108 Å². The van der Waals surface area contributed by atoms with Gasteiger partial charge in [0.25, 0.3) is 0 Å². The van der Waals surface area contributed by atoms with Crippen LogP contribution in [0.15, 0.2) is 54.6 Å². The molecule has 0 saturated carbocycles. The Kier molecular flexibility index (Phi) is 2.71. The molecule has 2 unspecified atom stereocenters. The van der Waals surface area contributed by atoms with E-state index in [9.17, 15) is 5.11 Å². The first-order valence-electron chi connectivity index (χ1n) is 6.59. The molecular weight excluding hydrogens is 220 g/mol. The quantitative estimate of drug-likeness (QED) is 0.847. The lowest BCUT2D eigenvalue weighted by Crippen LogP contribution is -2.30. The fourth-order valence-corrected chi connectivity index (χ4v) is 3.25. The van der Waals surface area contributed by atoms with E-state index in [2.05, 4.69) is 49.4 Å². The van der Waals surface area contributed by atoms with Gasteiger partial charge in [-0.3, -0.25) is 0 Å². The van der Waals surface area contributed by atoms with E-state index >= 15 is 0 Å². The van der Waals surface area contributed by atoms with Crippen molar-refractivity contribution in [2.45, 2.75) is 31.3 Å². The zero-order valence-electron chi connectivity index (χ0n) is 10.6. The van der Waals surface area contributed by atoms with Gasteiger partial charge in [-0.2, -0.15) is 0 Å². The standard InChI is InChI=1S/C17H18O/c1-2-17(14-9-4-3-5-10-14)12-13-8-6-7-11-15(13)16(17)18/h3-11,16,18H,2,12H2,1H3. The number of benzene rings is 2. The summed E-state index contributed by atoms with van der Waals surface area (Å²) in [5.41, 5.74) is 3.49. The van der Waals surface area contributed by atoms with Crippen molar-refractivity contribution in [3.05, 3.63) is 71.3 Å². The summed E-state index contributed by atoms with van der Waals surface area (Å²) in [4.78, 5) is 0. The second-order valence-electron chi connectivity index (χ2n) is 5.15. The molecule has 0 aliphatic heterocycles.